The summed E-state index contributed by atoms with van der Waals surface area (Å²) in [6, 6.07) is 9.71. The summed E-state index contributed by atoms with van der Waals surface area (Å²) in [6.07, 6.45) is 5.84. The minimum Gasteiger partial charge on any atom is -0.367 e. The number of hydroxylamine groups is 1. The molecular weight excluding hydrogens is 421 g/mol. The lowest BCUT2D eigenvalue weighted by Crippen LogP contribution is -2.36. The van der Waals surface area contributed by atoms with Crippen LogP contribution >= 0.6 is 0 Å². The van der Waals surface area contributed by atoms with Gasteiger partial charge in [-0.25, -0.2) is 17.8 Å². The van der Waals surface area contributed by atoms with E-state index in [4.69, 9.17) is 10.1 Å². The maximum absolute atomic E-state index is 13.4. The molecule has 1 aliphatic heterocycles. The van der Waals surface area contributed by atoms with Gasteiger partial charge in [0.2, 0.25) is 10.0 Å². The van der Waals surface area contributed by atoms with Crippen LogP contribution < -0.4 is 10.8 Å². The smallest absolute Gasteiger partial charge is 0.244 e. The van der Waals surface area contributed by atoms with E-state index in [-0.39, 0.29) is 23.6 Å². The van der Waals surface area contributed by atoms with Gasteiger partial charge in [-0.1, -0.05) is 6.07 Å². The Morgan fingerprint density at radius 2 is 2.13 bits per heavy atom. The highest BCUT2D eigenvalue weighted by molar-refractivity contribution is 7.89. The molecule has 1 fully saturated rings. The molecule has 162 valence electrons. The molecule has 4 rings (SSSR count). The number of nitrogens with zero attached hydrogens (tertiary/aromatic N) is 3. The number of anilines is 1. The van der Waals surface area contributed by atoms with Crippen LogP contribution in [-0.4, -0.2) is 36.8 Å². The first-order chi connectivity index (χ1) is 15.0. The first kappa shape index (κ1) is 21.2. The molecule has 10 heteroatoms. The Kier molecular flexibility index (Phi) is 6.18. The van der Waals surface area contributed by atoms with E-state index in [9.17, 15) is 12.8 Å². The van der Waals surface area contributed by atoms with Gasteiger partial charge in [0, 0.05) is 37.4 Å². The van der Waals surface area contributed by atoms with Crippen molar-refractivity contribution in [3.63, 3.8) is 0 Å². The number of aromatic nitrogens is 1. The van der Waals surface area contributed by atoms with Crippen LogP contribution in [0.25, 0.3) is 0 Å². The van der Waals surface area contributed by atoms with Gasteiger partial charge in [-0.2, -0.15) is 9.57 Å². The van der Waals surface area contributed by atoms with Gasteiger partial charge in [0.25, 0.3) is 0 Å². The Hall–Kier alpha value is -3.00. The number of hydrogen-bond donors (Lipinski definition) is 2. The molecule has 2 N–H and O–H groups in total. The largest absolute Gasteiger partial charge is 0.367 e. The van der Waals surface area contributed by atoms with Crippen molar-refractivity contribution in [3.8, 4) is 6.07 Å². The first-order valence-electron chi connectivity index (χ1n) is 9.94. The highest BCUT2D eigenvalue weighted by Gasteiger charge is 2.27. The van der Waals surface area contributed by atoms with Gasteiger partial charge in [-0.05, 0) is 48.7 Å². The molecule has 0 radical (unpaired) electrons. The summed E-state index contributed by atoms with van der Waals surface area (Å²) >= 11 is 0. The number of nitrogens with one attached hydrogen (secondary N) is 2. The lowest BCUT2D eigenvalue weighted by Gasteiger charge is -2.26. The maximum Gasteiger partial charge on any atom is 0.244 e. The summed E-state index contributed by atoms with van der Waals surface area (Å²) in [7, 11) is -3.63. The van der Waals surface area contributed by atoms with Crippen LogP contribution in [0.1, 0.15) is 30.4 Å². The summed E-state index contributed by atoms with van der Waals surface area (Å²) in [5.41, 5.74) is 4.18. The zero-order valence-corrected chi connectivity index (χ0v) is 17.5. The summed E-state index contributed by atoms with van der Waals surface area (Å²) in [5.74, 6) is 0.117. The molecule has 2 aromatic rings. The highest BCUT2D eigenvalue weighted by Crippen LogP contribution is 2.25. The number of sulfonamides is 1. The monoisotopic (exact) mass is 443 g/mol. The van der Waals surface area contributed by atoms with E-state index in [1.807, 2.05) is 0 Å². The van der Waals surface area contributed by atoms with Gasteiger partial charge in [-0.3, -0.25) is 10.3 Å². The van der Waals surface area contributed by atoms with Crippen LogP contribution in [0.2, 0.25) is 0 Å². The standard InChI is InChI=1S/C21H22FN5O3S/c22-20-5-1-15(11-16(20)12-23)14-30-26-18-7-9-27(10-8-18)31(28,29)19-4-6-21(24-13-19)25-17-2-3-17/h1,4-7,11,13,17,26H,2-3,8-10,14H2,(H,24,25). The average Bonchev–Trinajstić information content (AvgIpc) is 3.60. The fraction of sp³-hybridized carbons (Fsp3) is 0.333. The summed E-state index contributed by atoms with van der Waals surface area (Å²) in [5, 5.41) is 12.1. The number of hydrogen-bond acceptors (Lipinski definition) is 7. The second-order valence-corrected chi connectivity index (χ2v) is 9.39. The van der Waals surface area contributed by atoms with Crippen molar-refractivity contribution in [2.75, 3.05) is 18.4 Å². The van der Waals surface area contributed by atoms with E-state index in [1.54, 1.807) is 30.3 Å². The van der Waals surface area contributed by atoms with Gasteiger partial charge in [0.05, 0.1) is 12.2 Å². The molecule has 1 aromatic carbocycles. The van der Waals surface area contributed by atoms with E-state index in [0.29, 0.717) is 30.4 Å². The second kappa shape index (κ2) is 9.01. The Morgan fingerprint density at radius 3 is 2.77 bits per heavy atom. The molecular formula is C21H22FN5O3S. The van der Waals surface area contributed by atoms with Crippen molar-refractivity contribution in [3.05, 3.63) is 65.2 Å². The Bertz CT molecular complexity index is 1120. The van der Waals surface area contributed by atoms with Crippen molar-refractivity contribution in [2.45, 2.75) is 36.8 Å². The topological polar surface area (TPSA) is 107 Å². The third-order valence-corrected chi connectivity index (χ3v) is 6.92. The van der Waals surface area contributed by atoms with E-state index in [2.05, 4.69) is 15.8 Å². The quantitative estimate of drug-likeness (QED) is 0.604. The SMILES string of the molecule is N#Cc1cc(CONC2=CCN(S(=O)(=O)c3ccc(NC4CC4)nc3)CC2)ccc1F. The van der Waals surface area contributed by atoms with Crippen LogP contribution in [0.4, 0.5) is 10.2 Å². The first-order valence-corrected chi connectivity index (χ1v) is 11.4. The van der Waals surface area contributed by atoms with Crippen LogP contribution in [0.5, 0.6) is 0 Å². The molecule has 0 spiro atoms. The number of benzene rings is 1. The lowest BCUT2D eigenvalue weighted by atomic mass is 10.1. The van der Waals surface area contributed by atoms with Crippen molar-refractivity contribution >= 4 is 15.8 Å². The van der Waals surface area contributed by atoms with E-state index >= 15 is 0 Å². The average molecular weight is 444 g/mol. The van der Waals surface area contributed by atoms with E-state index < -0.39 is 15.8 Å². The second-order valence-electron chi connectivity index (χ2n) is 7.46. The van der Waals surface area contributed by atoms with Crippen LogP contribution in [0.3, 0.4) is 0 Å². The third-order valence-electron chi connectivity index (χ3n) is 5.07. The summed E-state index contributed by atoms with van der Waals surface area (Å²) in [6.45, 7) is 0.661. The fourth-order valence-corrected chi connectivity index (χ4v) is 4.45. The molecule has 31 heavy (non-hydrogen) atoms. The number of rotatable bonds is 8. The molecule has 0 saturated heterocycles. The lowest BCUT2D eigenvalue weighted by molar-refractivity contribution is 0.0452. The Morgan fingerprint density at radius 1 is 1.29 bits per heavy atom. The molecule has 0 unspecified atom stereocenters. The summed E-state index contributed by atoms with van der Waals surface area (Å²) < 4.78 is 40.5. The minimum atomic E-state index is -3.63. The Labute approximate surface area is 180 Å². The molecule has 1 aliphatic carbocycles. The number of pyridine rings is 1. The molecule has 1 saturated carbocycles. The molecule has 0 amide bonds. The molecule has 0 bridgehead atoms. The van der Waals surface area contributed by atoms with Crippen LogP contribution in [0.15, 0.2) is 53.2 Å². The van der Waals surface area contributed by atoms with Crippen molar-refractivity contribution < 1.29 is 17.6 Å². The predicted octanol–water partition coefficient (Wildman–Crippen LogP) is 2.67. The molecule has 0 atom stereocenters. The minimum absolute atomic E-state index is 0.0373. The van der Waals surface area contributed by atoms with Gasteiger partial charge in [-0.15, -0.1) is 0 Å². The number of halogens is 1. The van der Waals surface area contributed by atoms with Gasteiger partial charge >= 0.3 is 0 Å². The molecule has 8 nitrogen and oxygen atoms in total. The van der Waals surface area contributed by atoms with Crippen LogP contribution in [-0.2, 0) is 21.5 Å². The fourth-order valence-electron chi connectivity index (χ4n) is 3.13. The molecule has 2 aliphatic rings. The zero-order valence-electron chi connectivity index (χ0n) is 16.7. The van der Waals surface area contributed by atoms with E-state index in [0.717, 1.165) is 18.5 Å². The third kappa shape index (κ3) is 5.19. The highest BCUT2D eigenvalue weighted by atomic mass is 32.2. The van der Waals surface area contributed by atoms with Crippen molar-refractivity contribution in [1.82, 2.24) is 14.8 Å². The van der Waals surface area contributed by atoms with E-state index in [1.165, 1.54) is 22.6 Å². The maximum atomic E-state index is 13.4. The van der Waals surface area contributed by atoms with Crippen molar-refractivity contribution in [1.29, 1.82) is 5.26 Å². The Balaban J connectivity index is 1.30. The van der Waals surface area contributed by atoms with Crippen LogP contribution in [0, 0.1) is 17.1 Å². The zero-order chi connectivity index (χ0) is 21.8. The van der Waals surface area contributed by atoms with Gasteiger partial charge in [0.15, 0.2) is 0 Å². The van der Waals surface area contributed by atoms with Gasteiger partial charge in [0.1, 0.15) is 22.6 Å². The normalized spacial score (nSPS) is 17.0. The summed E-state index contributed by atoms with van der Waals surface area (Å²) in [4.78, 5) is 9.80. The predicted molar refractivity (Wildman–Crippen MR) is 111 cm³/mol. The molecule has 1 aromatic heterocycles. The van der Waals surface area contributed by atoms with Crippen molar-refractivity contribution in [2.24, 2.45) is 0 Å². The van der Waals surface area contributed by atoms with Gasteiger partial charge < -0.3 is 5.32 Å². The number of nitriles is 1. The molecule has 2 heterocycles.